The minimum Gasteiger partial charge on any atom is -0.489 e. The van der Waals surface area contributed by atoms with E-state index in [-0.39, 0.29) is 18.1 Å². The predicted octanol–water partition coefficient (Wildman–Crippen LogP) is 7.85. The minimum atomic E-state index is -0.987. The van der Waals surface area contributed by atoms with Crippen molar-refractivity contribution < 1.29 is 19.2 Å². The lowest BCUT2D eigenvalue weighted by Gasteiger charge is -2.18. The Labute approximate surface area is 240 Å². The van der Waals surface area contributed by atoms with E-state index in [1.54, 1.807) is 30.3 Å². The number of hydrogen-bond donors (Lipinski definition) is 1. The van der Waals surface area contributed by atoms with E-state index in [1.807, 2.05) is 18.2 Å². The Hall–Kier alpha value is -3.26. The van der Waals surface area contributed by atoms with Crippen LogP contribution < -0.4 is 9.64 Å². The molecule has 1 aliphatic carbocycles. The second-order valence-electron chi connectivity index (χ2n) is 9.86. The first kappa shape index (κ1) is 26.0. The third kappa shape index (κ3) is 5.31. The fraction of sp³-hybridized carbons (Fsp3) is 0.276. The summed E-state index contributed by atoms with van der Waals surface area (Å²) in [5.74, 6) is 1.79. The number of hydrogen-bond acceptors (Lipinski definition) is 6. The van der Waals surface area contributed by atoms with Gasteiger partial charge in [-0.15, -0.1) is 0 Å². The lowest BCUT2D eigenvalue weighted by Crippen LogP contribution is -2.20. The lowest BCUT2D eigenvalue weighted by atomic mass is 9.98. The monoisotopic (exact) mass is 583 g/mol. The molecule has 6 rings (SSSR count). The minimum absolute atomic E-state index is 0.172. The molecular formula is C29H24Cl3N3O4. The second-order valence-corrected chi connectivity index (χ2v) is 11.1. The summed E-state index contributed by atoms with van der Waals surface area (Å²) >= 11 is 19.7. The van der Waals surface area contributed by atoms with E-state index >= 15 is 0 Å². The third-order valence-electron chi connectivity index (χ3n) is 7.27. The van der Waals surface area contributed by atoms with Crippen LogP contribution in [0.3, 0.4) is 0 Å². The Morgan fingerprint density at radius 3 is 2.49 bits per heavy atom. The number of carboxylic acid groups (broad SMARTS) is 1. The molecule has 10 heteroatoms. The number of aromatic carboxylic acids is 1. The largest absolute Gasteiger partial charge is 0.489 e. The smallest absolute Gasteiger partial charge is 0.337 e. The first-order chi connectivity index (χ1) is 18.9. The van der Waals surface area contributed by atoms with Gasteiger partial charge in [-0.2, -0.15) is 0 Å². The van der Waals surface area contributed by atoms with Crippen molar-refractivity contribution in [1.29, 1.82) is 0 Å². The lowest BCUT2D eigenvalue weighted by molar-refractivity contribution is 0.0696. The Kier molecular flexibility index (Phi) is 7.14. The van der Waals surface area contributed by atoms with Gasteiger partial charge in [0.15, 0.2) is 0 Å². The molecule has 0 amide bonds. The van der Waals surface area contributed by atoms with Crippen molar-refractivity contribution in [3.05, 3.63) is 92.2 Å². The van der Waals surface area contributed by atoms with Gasteiger partial charge in [0.25, 0.3) is 0 Å². The molecule has 1 N–H and O–H groups in total. The normalized spacial score (nSPS) is 17.0. The van der Waals surface area contributed by atoms with E-state index in [1.165, 1.54) is 6.20 Å². The van der Waals surface area contributed by atoms with Crippen molar-refractivity contribution in [2.45, 2.75) is 37.7 Å². The number of nitrogens with zero attached hydrogens (tertiary/aromatic N) is 3. The number of carbonyl (C=O) groups is 1. The molecule has 4 aromatic rings. The summed E-state index contributed by atoms with van der Waals surface area (Å²) in [6.45, 7) is 1.80. The quantitative estimate of drug-likeness (QED) is 0.226. The Morgan fingerprint density at radius 2 is 1.82 bits per heavy atom. The van der Waals surface area contributed by atoms with Gasteiger partial charge in [0, 0.05) is 41.7 Å². The zero-order valence-corrected chi connectivity index (χ0v) is 23.0. The molecule has 0 bridgehead atoms. The van der Waals surface area contributed by atoms with Crippen LogP contribution in [0.25, 0.3) is 11.3 Å². The van der Waals surface area contributed by atoms with Gasteiger partial charge in [0.2, 0.25) is 0 Å². The van der Waals surface area contributed by atoms with Crippen LogP contribution in [0.2, 0.25) is 15.1 Å². The number of aromatic nitrogens is 2. The number of benzene rings is 2. The molecule has 2 aliphatic rings. The SMILES string of the molecule is O=C(O)c1ccc(N2CCC(c3ccc(OCc4c(-c5c(Cl)cccc5Cl)noc4C4CC4)cc3Cl)C2)nc1. The Morgan fingerprint density at radius 1 is 1.03 bits per heavy atom. The molecule has 3 heterocycles. The van der Waals surface area contributed by atoms with Crippen LogP contribution in [-0.4, -0.2) is 34.3 Å². The van der Waals surface area contributed by atoms with E-state index < -0.39 is 5.97 Å². The van der Waals surface area contributed by atoms with Crippen molar-refractivity contribution in [3.8, 4) is 17.0 Å². The highest BCUT2D eigenvalue weighted by Crippen LogP contribution is 2.46. The first-order valence-corrected chi connectivity index (χ1v) is 13.8. The highest BCUT2D eigenvalue weighted by Gasteiger charge is 2.34. The summed E-state index contributed by atoms with van der Waals surface area (Å²) in [5, 5.41) is 15.1. The van der Waals surface area contributed by atoms with Crippen LogP contribution in [0.4, 0.5) is 5.82 Å². The van der Waals surface area contributed by atoms with Gasteiger partial charge in [0.1, 0.15) is 29.6 Å². The summed E-state index contributed by atoms with van der Waals surface area (Å²) < 4.78 is 11.9. The van der Waals surface area contributed by atoms with Gasteiger partial charge in [-0.3, -0.25) is 0 Å². The summed E-state index contributed by atoms with van der Waals surface area (Å²) in [7, 11) is 0. The van der Waals surface area contributed by atoms with Crippen molar-refractivity contribution in [2.24, 2.45) is 0 Å². The Balaban J connectivity index is 1.17. The molecule has 1 saturated carbocycles. The maximum absolute atomic E-state index is 11.1. The van der Waals surface area contributed by atoms with Crippen LogP contribution in [0.15, 0.2) is 59.3 Å². The Bertz CT molecular complexity index is 1520. The fourth-order valence-electron chi connectivity index (χ4n) is 5.05. The van der Waals surface area contributed by atoms with E-state index in [0.717, 1.165) is 55.1 Å². The van der Waals surface area contributed by atoms with Crippen LogP contribution in [0.5, 0.6) is 5.75 Å². The molecule has 200 valence electrons. The maximum atomic E-state index is 11.1. The predicted molar refractivity (Wildman–Crippen MR) is 150 cm³/mol. The van der Waals surface area contributed by atoms with E-state index in [2.05, 4.69) is 15.0 Å². The summed E-state index contributed by atoms with van der Waals surface area (Å²) in [4.78, 5) is 17.6. The molecule has 39 heavy (non-hydrogen) atoms. The van der Waals surface area contributed by atoms with Crippen molar-refractivity contribution in [1.82, 2.24) is 10.1 Å². The zero-order valence-electron chi connectivity index (χ0n) is 20.7. The average molecular weight is 585 g/mol. The fourth-order valence-corrected chi connectivity index (χ4v) is 5.96. The van der Waals surface area contributed by atoms with Crippen LogP contribution in [-0.2, 0) is 6.61 Å². The highest BCUT2D eigenvalue weighted by molar-refractivity contribution is 6.39. The van der Waals surface area contributed by atoms with Crippen molar-refractivity contribution >= 4 is 46.6 Å². The van der Waals surface area contributed by atoms with Gasteiger partial charge < -0.3 is 19.3 Å². The molecule has 0 radical (unpaired) electrons. The second kappa shape index (κ2) is 10.7. The summed E-state index contributed by atoms with van der Waals surface area (Å²) in [6.07, 6.45) is 4.40. The number of anilines is 1. The number of pyridine rings is 1. The zero-order chi connectivity index (χ0) is 27.1. The molecule has 2 aromatic heterocycles. The molecule has 1 atom stereocenters. The first-order valence-electron chi connectivity index (χ1n) is 12.7. The van der Waals surface area contributed by atoms with E-state index in [9.17, 15) is 4.79 Å². The standard InChI is InChI=1S/C29H24Cl3N3O4/c30-22-2-1-3-23(31)26(22)27-21(28(39-34-27)16-4-5-16)15-38-19-7-8-20(24(32)12-19)18-10-11-35(14-18)25-9-6-17(13-33-25)29(36)37/h1-3,6-9,12-13,16,18H,4-5,10-11,14-15H2,(H,36,37). The van der Waals surface area contributed by atoms with Crippen LogP contribution >= 0.6 is 34.8 Å². The highest BCUT2D eigenvalue weighted by atomic mass is 35.5. The molecule has 1 aliphatic heterocycles. The topological polar surface area (TPSA) is 88.7 Å². The molecule has 2 aromatic carbocycles. The van der Waals surface area contributed by atoms with Gasteiger partial charge in [-0.25, -0.2) is 9.78 Å². The number of ether oxygens (including phenoxy) is 1. The molecule has 7 nitrogen and oxygen atoms in total. The number of halogens is 3. The van der Waals surface area contributed by atoms with Gasteiger partial charge in [-0.05, 0) is 61.2 Å². The van der Waals surface area contributed by atoms with E-state index in [0.29, 0.717) is 38.0 Å². The van der Waals surface area contributed by atoms with Gasteiger partial charge in [-0.1, -0.05) is 52.1 Å². The van der Waals surface area contributed by atoms with Crippen molar-refractivity contribution in [3.63, 3.8) is 0 Å². The third-order valence-corrected chi connectivity index (χ3v) is 8.23. The molecular weight excluding hydrogens is 561 g/mol. The van der Waals surface area contributed by atoms with Gasteiger partial charge in [0.05, 0.1) is 21.2 Å². The summed E-state index contributed by atoms with van der Waals surface area (Å²) in [5.41, 5.74) is 3.31. The van der Waals surface area contributed by atoms with Crippen LogP contribution in [0, 0.1) is 0 Å². The number of rotatable bonds is 8. The van der Waals surface area contributed by atoms with E-state index in [4.69, 9.17) is 49.2 Å². The average Bonchev–Trinajstić information content (AvgIpc) is 3.50. The van der Waals surface area contributed by atoms with Gasteiger partial charge >= 0.3 is 5.97 Å². The maximum Gasteiger partial charge on any atom is 0.337 e. The molecule has 1 saturated heterocycles. The molecule has 0 spiro atoms. The molecule has 1 unspecified atom stereocenters. The van der Waals surface area contributed by atoms with Crippen LogP contribution in [0.1, 0.15) is 58.3 Å². The number of carboxylic acids is 1. The molecule has 2 fully saturated rings. The summed E-state index contributed by atoms with van der Waals surface area (Å²) in [6, 6.07) is 14.5. The van der Waals surface area contributed by atoms with Crippen molar-refractivity contribution in [2.75, 3.05) is 18.0 Å².